The van der Waals surface area contributed by atoms with E-state index in [1.165, 1.54) is 44.2 Å². The van der Waals surface area contributed by atoms with Crippen molar-refractivity contribution in [1.29, 1.82) is 0 Å². The highest BCUT2D eigenvalue weighted by Gasteiger charge is 2.14. The van der Waals surface area contributed by atoms with E-state index in [0.29, 0.717) is 18.3 Å². The molecule has 0 radical (unpaired) electrons. The first kappa shape index (κ1) is 13.4. The van der Waals surface area contributed by atoms with Crippen molar-refractivity contribution in [2.24, 2.45) is 11.1 Å². The molecule has 0 heterocycles. The summed E-state index contributed by atoms with van der Waals surface area (Å²) in [4.78, 5) is 0.118. The summed E-state index contributed by atoms with van der Waals surface area (Å²) in [7, 11) is -3.61. The summed E-state index contributed by atoms with van der Waals surface area (Å²) in [5.41, 5.74) is 0. The molecule has 1 saturated carbocycles. The normalized spacial score (nSPS) is 17.6. The lowest BCUT2D eigenvalue weighted by Gasteiger charge is -2.21. The Balaban J connectivity index is 1.90. The molecule has 1 aliphatic rings. The van der Waals surface area contributed by atoms with E-state index in [0.717, 1.165) is 0 Å². The minimum atomic E-state index is -3.61. The van der Waals surface area contributed by atoms with Gasteiger partial charge in [0.15, 0.2) is 0 Å². The maximum Gasteiger partial charge on any atom is 0.238 e. The summed E-state index contributed by atoms with van der Waals surface area (Å²) in [5, 5.41) is 5.03. The fourth-order valence-corrected chi connectivity index (χ4v) is 2.81. The Morgan fingerprint density at radius 3 is 2.28 bits per heavy atom. The van der Waals surface area contributed by atoms with Crippen molar-refractivity contribution < 1.29 is 13.2 Å². The van der Waals surface area contributed by atoms with Crippen LogP contribution in [0, 0.1) is 5.92 Å². The first-order valence-electron chi connectivity index (χ1n) is 6.31. The van der Waals surface area contributed by atoms with Gasteiger partial charge in [-0.3, -0.25) is 0 Å². The third kappa shape index (κ3) is 3.71. The molecule has 1 aromatic carbocycles. The van der Waals surface area contributed by atoms with E-state index < -0.39 is 10.0 Å². The number of nitrogens with two attached hydrogens (primary N) is 1. The minimum absolute atomic E-state index is 0.118. The molecule has 0 aromatic heterocycles. The number of rotatable bonds is 4. The molecule has 0 bridgehead atoms. The van der Waals surface area contributed by atoms with Crippen LogP contribution in [0.1, 0.15) is 32.1 Å². The fourth-order valence-electron chi connectivity index (χ4n) is 2.29. The van der Waals surface area contributed by atoms with Gasteiger partial charge >= 0.3 is 0 Å². The predicted molar refractivity (Wildman–Crippen MR) is 69.9 cm³/mol. The Morgan fingerprint density at radius 2 is 1.72 bits per heavy atom. The van der Waals surface area contributed by atoms with Gasteiger partial charge in [-0.25, -0.2) is 13.6 Å². The lowest BCUT2D eigenvalue weighted by molar-refractivity contribution is 0.209. The fraction of sp³-hybridized carbons (Fsp3) is 0.538. The lowest BCUT2D eigenvalue weighted by atomic mass is 9.90. The zero-order valence-corrected chi connectivity index (χ0v) is 11.2. The van der Waals surface area contributed by atoms with Crippen molar-refractivity contribution in [2.45, 2.75) is 37.0 Å². The number of ether oxygens (including phenoxy) is 1. The standard InChI is InChI=1S/C13H19NO3S/c14-18(15,16)13-8-6-12(7-9-13)17-10-11-4-2-1-3-5-11/h6-9,11H,1-5,10H2,(H2,14,15,16). The summed E-state index contributed by atoms with van der Waals surface area (Å²) >= 11 is 0. The summed E-state index contributed by atoms with van der Waals surface area (Å²) in [5.74, 6) is 1.34. The van der Waals surface area contributed by atoms with Crippen LogP contribution in [0.25, 0.3) is 0 Å². The summed E-state index contributed by atoms with van der Waals surface area (Å²) in [6.45, 7) is 0.717. The van der Waals surface area contributed by atoms with Crippen LogP contribution in [0.4, 0.5) is 0 Å². The van der Waals surface area contributed by atoms with Crippen LogP contribution in [0.3, 0.4) is 0 Å². The van der Waals surface area contributed by atoms with Gasteiger partial charge in [0.25, 0.3) is 0 Å². The monoisotopic (exact) mass is 269 g/mol. The molecule has 0 unspecified atom stereocenters. The SMILES string of the molecule is NS(=O)(=O)c1ccc(OCC2CCCCC2)cc1. The van der Waals surface area contributed by atoms with Crippen LogP contribution in [-0.4, -0.2) is 15.0 Å². The molecule has 0 amide bonds. The molecular weight excluding hydrogens is 250 g/mol. The van der Waals surface area contributed by atoms with Crippen molar-refractivity contribution in [3.05, 3.63) is 24.3 Å². The van der Waals surface area contributed by atoms with Crippen molar-refractivity contribution >= 4 is 10.0 Å². The molecular formula is C13H19NO3S. The largest absolute Gasteiger partial charge is 0.493 e. The van der Waals surface area contributed by atoms with Crippen molar-refractivity contribution in [3.63, 3.8) is 0 Å². The molecule has 5 heteroatoms. The quantitative estimate of drug-likeness (QED) is 0.911. The van der Waals surface area contributed by atoms with Crippen LogP contribution in [-0.2, 0) is 10.0 Å². The third-order valence-corrected chi connectivity index (χ3v) is 4.29. The second-order valence-electron chi connectivity index (χ2n) is 4.83. The maximum absolute atomic E-state index is 11.1. The Hall–Kier alpha value is -1.07. The average molecular weight is 269 g/mol. The highest BCUT2D eigenvalue weighted by atomic mass is 32.2. The van der Waals surface area contributed by atoms with Crippen LogP contribution in [0.5, 0.6) is 5.75 Å². The number of hydrogen-bond acceptors (Lipinski definition) is 3. The van der Waals surface area contributed by atoms with E-state index in [-0.39, 0.29) is 4.90 Å². The van der Waals surface area contributed by atoms with Crippen LogP contribution < -0.4 is 9.88 Å². The summed E-state index contributed by atoms with van der Waals surface area (Å²) < 4.78 is 27.9. The molecule has 18 heavy (non-hydrogen) atoms. The number of hydrogen-bond donors (Lipinski definition) is 1. The maximum atomic E-state index is 11.1. The molecule has 0 saturated heterocycles. The van der Waals surface area contributed by atoms with Crippen molar-refractivity contribution in [1.82, 2.24) is 0 Å². The topological polar surface area (TPSA) is 69.4 Å². The van der Waals surface area contributed by atoms with Gasteiger partial charge in [0.1, 0.15) is 5.75 Å². The van der Waals surface area contributed by atoms with E-state index in [2.05, 4.69) is 0 Å². The second-order valence-corrected chi connectivity index (χ2v) is 6.39. The molecule has 1 aromatic rings. The van der Waals surface area contributed by atoms with Gasteiger partial charge in [-0.05, 0) is 43.0 Å². The Bertz CT molecular complexity index is 475. The van der Waals surface area contributed by atoms with E-state index in [9.17, 15) is 8.42 Å². The summed E-state index contributed by atoms with van der Waals surface area (Å²) in [6.07, 6.45) is 6.38. The highest BCUT2D eigenvalue weighted by Crippen LogP contribution is 2.24. The molecule has 100 valence electrons. The van der Waals surface area contributed by atoms with Gasteiger partial charge < -0.3 is 4.74 Å². The summed E-state index contributed by atoms with van der Waals surface area (Å²) in [6, 6.07) is 6.27. The Morgan fingerprint density at radius 1 is 1.11 bits per heavy atom. The minimum Gasteiger partial charge on any atom is -0.493 e. The first-order chi connectivity index (χ1) is 8.55. The number of benzene rings is 1. The van der Waals surface area contributed by atoms with Crippen molar-refractivity contribution in [2.75, 3.05) is 6.61 Å². The van der Waals surface area contributed by atoms with Crippen LogP contribution in [0.15, 0.2) is 29.2 Å². The number of primary sulfonamides is 1. The van der Waals surface area contributed by atoms with Gasteiger partial charge in [-0.1, -0.05) is 19.3 Å². The molecule has 1 fully saturated rings. The smallest absolute Gasteiger partial charge is 0.238 e. The predicted octanol–water partition coefficient (Wildman–Crippen LogP) is 2.29. The zero-order valence-electron chi connectivity index (χ0n) is 10.3. The van der Waals surface area contributed by atoms with E-state index in [4.69, 9.17) is 9.88 Å². The van der Waals surface area contributed by atoms with Gasteiger partial charge in [-0.15, -0.1) is 0 Å². The van der Waals surface area contributed by atoms with E-state index in [1.807, 2.05) is 0 Å². The van der Waals surface area contributed by atoms with Gasteiger partial charge in [0, 0.05) is 0 Å². The van der Waals surface area contributed by atoms with Gasteiger partial charge in [-0.2, -0.15) is 0 Å². The van der Waals surface area contributed by atoms with Gasteiger partial charge in [0.05, 0.1) is 11.5 Å². The van der Waals surface area contributed by atoms with E-state index in [1.54, 1.807) is 12.1 Å². The van der Waals surface area contributed by atoms with Crippen molar-refractivity contribution in [3.8, 4) is 5.75 Å². The number of sulfonamides is 1. The van der Waals surface area contributed by atoms with E-state index >= 15 is 0 Å². The second kappa shape index (κ2) is 5.71. The molecule has 2 N–H and O–H groups in total. The molecule has 0 spiro atoms. The molecule has 0 atom stereocenters. The highest BCUT2D eigenvalue weighted by molar-refractivity contribution is 7.89. The Labute approximate surface area is 108 Å². The molecule has 4 nitrogen and oxygen atoms in total. The lowest BCUT2D eigenvalue weighted by Crippen LogP contribution is -2.15. The third-order valence-electron chi connectivity index (χ3n) is 3.36. The van der Waals surface area contributed by atoms with Crippen LogP contribution >= 0.6 is 0 Å². The average Bonchev–Trinajstić information content (AvgIpc) is 2.37. The van der Waals surface area contributed by atoms with Gasteiger partial charge in [0.2, 0.25) is 10.0 Å². The molecule has 0 aliphatic heterocycles. The van der Waals surface area contributed by atoms with Crippen LogP contribution in [0.2, 0.25) is 0 Å². The molecule has 2 rings (SSSR count). The zero-order chi connectivity index (χ0) is 13.0. The Kier molecular flexibility index (Phi) is 4.24. The first-order valence-corrected chi connectivity index (χ1v) is 7.86. The molecule has 1 aliphatic carbocycles.